The molecule has 0 bridgehead atoms. The van der Waals surface area contributed by atoms with Crippen LogP contribution < -0.4 is 5.73 Å². The second kappa shape index (κ2) is 5.48. The molecule has 1 aromatic heterocycles. The van der Waals surface area contributed by atoms with E-state index in [1.807, 2.05) is 19.9 Å². The van der Waals surface area contributed by atoms with E-state index in [0.717, 1.165) is 24.3 Å². The van der Waals surface area contributed by atoms with Crippen molar-refractivity contribution in [1.29, 1.82) is 0 Å². The monoisotopic (exact) mass is 329 g/mol. The van der Waals surface area contributed by atoms with Crippen LogP contribution in [0.15, 0.2) is 31.9 Å². The third kappa shape index (κ3) is 3.28. The van der Waals surface area contributed by atoms with Gasteiger partial charge in [0.2, 0.25) is 0 Å². The highest BCUT2D eigenvalue weighted by atomic mass is 79.9. The predicted octanol–water partition coefficient (Wildman–Crippen LogP) is 3.78. The van der Waals surface area contributed by atoms with Gasteiger partial charge >= 0.3 is 0 Å². The van der Waals surface area contributed by atoms with Gasteiger partial charge in [-0.3, -0.25) is 0 Å². The fourth-order valence-electron chi connectivity index (χ4n) is 1.30. The fourth-order valence-corrected chi connectivity index (χ4v) is 3.71. The van der Waals surface area contributed by atoms with Crippen molar-refractivity contribution in [2.24, 2.45) is 5.73 Å². The number of rotatable bonds is 3. The minimum Gasteiger partial charge on any atom is -0.324 e. The summed E-state index contributed by atoms with van der Waals surface area (Å²) in [6.07, 6.45) is 0. The van der Waals surface area contributed by atoms with Crippen LogP contribution >= 0.6 is 39.0 Å². The van der Waals surface area contributed by atoms with Crippen LogP contribution in [-0.2, 0) is 0 Å². The summed E-state index contributed by atoms with van der Waals surface area (Å²) < 4.78 is 2.00. The first-order chi connectivity index (χ1) is 8.06. The molecule has 0 radical (unpaired) electrons. The lowest BCUT2D eigenvalue weighted by atomic mass is 10.1. The average Bonchev–Trinajstić information content (AvgIpc) is 2.67. The molecule has 2 rings (SSSR count). The molecule has 2 aromatic rings. The Labute approximate surface area is 117 Å². The summed E-state index contributed by atoms with van der Waals surface area (Å²) in [7, 11) is 0. The van der Waals surface area contributed by atoms with Crippen molar-refractivity contribution >= 4 is 39.0 Å². The van der Waals surface area contributed by atoms with E-state index in [1.54, 1.807) is 23.1 Å². The van der Waals surface area contributed by atoms with Gasteiger partial charge in [0.25, 0.3) is 0 Å². The van der Waals surface area contributed by atoms with E-state index < -0.39 is 0 Å². The van der Waals surface area contributed by atoms with Crippen molar-refractivity contribution in [2.75, 3.05) is 0 Å². The van der Waals surface area contributed by atoms with Gasteiger partial charge in [0, 0.05) is 15.4 Å². The van der Waals surface area contributed by atoms with Gasteiger partial charge in [-0.1, -0.05) is 29.2 Å². The second-order valence-corrected chi connectivity index (χ2v) is 6.99. The third-order valence-electron chi connectivity index (χ3n) is 2.19. The molecule has 1 aromatic carbocycles. The van der Waals surface area contributed by atoms with E-state index in [1.165, 1.54) is 0 Å². The van der Waals surface area contributed by atoms with Crippen LogP contribution in [0.5, 0.6) is 0 Å². The van der Waals surface area contributed by atoms with E-state index in [-0.39, 0.29) is 6.04 Å². The normalized spacial score (nSPS) is 12.7. The molecule has 0 saturated carbocycles. The number of halogens is 1. The Kier molecular flexibility index (Phi) is 4.19. The van der Waals surface area contributed by atoms with Crippen LogP contribution in [0.2, 0.25) is 0 Å². The van der Waals surface area contributed by atoms with Gasteiger partial charge in [0.05, 0.1) is 0 Å². The Bertz CT molecular complexity index is 525. The number of nitrogens with zero attached hydrogens (tertiary/aromatic N) is 2. The summed E-state index contributed by atoms with van der Waals surface area (Å²) in [4.78, 5) is 1.13. The van der Waals surface area contributed by atoms with E-state index in [2.05, 4.69) is 38.3 Å². The highest BCUT2D eigenvalue weighted by Crippen LogP contribution is 2.35. The van der Waals surface area contributed by atoms with Gasteiger partial charge in [-0.15, -0.1) is 10.2 Å². The number of benzene rings is 1. The van der Waals surface area contributed by atoms with E-state index in [9.17, 15) is 0 Å². The standard InChI is InChI=1S/C11H12BrN3S2/c1-6(13)8-3-4-10(9(12)5-8)17-11-15-14-7(2)16-11/h3-6H,13H2,1-2H3/t6-/m1/s1. The van der Waals surface area contributed by atoms with E-state index in [4.69, 9.17) is 5.73 Å². The molecule has 0 unspecified atom stereocenters. The molecule has 0 aliphatic carbocycles. The number of aromatic nitrogens is 2. The molecule has 3 nitrogen and oxygen atoms in total. The molecular weight excluding hydrogens is 318 g/mol. The maximum absolute atomic E-state index is 5.84. The first kappa shape index (κ1) is 13.0. The van der Waals surface area contributed by atoms with E-state index >= 15 is 0 Å². The highest BCUT2D eigenvalue weighted by Gasteiger charge is 2.08. The van der Waals surface area contributed by atoms with Crippen LogP contribution in [-0.4, -0.2) is 10.2 Å². The summed E-state index contributed by atoms with van der Waals surface area (Å²) in [6.45, 7) is 3.93. The second-order valence-electron chi connectivity index (χ2n) is 3.67. The minimum atomic E-state index is 0.0501. The smallest absolute Gasteiger partial charge is 0.179 e. The lowest BCUT2D eigenvalue weighted by molar-refractivity contribution is 0.815. The lowest BCUT2D eigenvalue weighted by Gasteiger charge is -2.08. The largest absolute Gasteiger partial charge is 0.324 e. The Morgan fingerprint density at radius 3 is 2.71 bits per heavy atom. The molecule has 1 heterocycles. The zero-order valence-electron chi connectivity index (χ0n) is 9.48. The summed E-state index contributed by atoms with van der Waals surface area (Å²) >= 11 is 6.77. The minimum absolute atomic E-state index is 0.0501. The van der Waals surface area contributed by atoms with Gasteiger partial charge in [0.1, 0.15) is 5.01 Å². The number of nitrogens with two attached hydrogens (primary N) is 1. The highest BCUT2D eigenvalue weighted by molar-refractivity contribution is 9.10. The molecule has 6 heteroatoms. The molecular formula is C11H12BrN3S2. The maximum Gasteiger partial charge on any atom is 0.179 e. The van der Waals surface area contributed by atoms with Crippen molar-refractivity contribution in [3.05, 3.63) is 33.2 Å². The van der Waals surface area contributed by atoms with Crippen LogP contribution in [0, 0.1) is 6.92 Å². The average molecular weight is 330 g/mol. The first-order valence-electron chi connectivity index (χ1n) is 5.09. The molecule has 90 valence electrons. The zero-order valence-corrected chi connectivity index (χ0v) is 12.7. The lowest BCUT2D eigenvalue weighted by Crippen LogP contribution is -2.04. The SMILES string of the molecule is Cc1nnc(Sc2ccc([C@@H](C)N)cc2Br)s1. The quantitative estimate of drug-likeness (QED) is 0.930. The molecule has 1 atom stereocenters. The molecule has 17 heavy (non-hydrogen) atoms. The Morgan fingerprint density at radius 1 is 1.41 bits per heavy atom. The Balaban J connectivity index is 2.22. The van der Waals surface area contributed by atoms with Crippen LogP contribution in [0.25, 0.3) is 0 Å². The van der Waals surface area contributed by atoms with Gasteiger partial charge in [-0.05, 0) is 47.5 Å². The van der Waals surface area contributed by atoms with Crippen molar-refractivity contribution < 1.29 is 0 Å². The summed E-state index contributed by atoms with van der Waals surface area (Å²) in [5.74, 6) is 0. The van der Waals surface area contributed by atoms with Crippen molar-refractivity contribution in [2.45, 2.75) is 29.1 Å². The molecule has 0 fully saturated rings. The molecule has 2 N–H and O–H groups in total. The van der Waals surface area contributed by atoms with Crippen LogP contribution in [0.1, 0.15) is 23.5 Å². The van der Waals surface area contributed by atoms with E-state index in [0.29, 0.717) is 0 Å². The molecule has 0 aliphatic heterocycles. The molecule has 0 amide bonds. The van der Waals surface area contributed by atoms with Gasteiger partial charge in [-0.25, -0.2) is 0 Å². The third-order valence-corrected chi connectivity index (χ3v) is 5.07. The number of aryl methyl sites for hydroxylation is 1. The maximum atomic E-state index is 5.84. The molecule has 0 spiro atoms. The molecule has 0 saturated heterocycles. The van der Waals surface area contributed by atoms with Crippen molar-refractivity contribution in [3.8, 4) is 0 Å². The Morgan fingerprint density at radius 2 is 2.18 bits per heavy atom. The van der Waals surface area contributed by atoms with Crippen LogP contribution in [0.3, 0.4) is 0 Å². The first-order valence-corrected chi connectivity index (χ1v) is 7.52. The van der Waals surface area contributed by atoms with Crippen molar-refractivity contribution in [1.82, 2.24) is 10.2 Å². The predicted molar refractivity (Wildman–Crippen MR) is 75.5 cm³/mol. The summed E-state index contributed by atoms with van der Waals surface area (Å²) in [5, 5.41) is 9.08. The Hall–Kier alpha value is -0.430. The summed E-state index contributed by atoms with van der Waals surface area (Å²) in [6, 6.07) is 6.21. The molecule has 0 aliphatic rings. The zero-order chi connectivity index (χ0) is 12.4. The topological polar surface area (TPSA) is 51.8 Å². The van der Waals surface area contributed by atoms with Gasteiger partial charge in [-0.2, -0.15) is 0 Å². The number of hydrogen-bond donors (Lipinski definition) is 1. The van der Waals surface area contributed by atoms with Crippen LogP contribution in [0.4, 0.5) is 0 Å². The van der Waals surface area contributed by atoms with Gasteiger partial charge < -0.3 is 5.73 Å². The van der Waals surface area contributed by atoms with Crippen molar-refractivity contribution in [3.63, 3.8) is 0 Å². The summed E-state index contributed by atoms with van der Waals surface area (Å²) in [5.41, 5.74) is 6.96. The fraction of sp³-hybridized carbons (Fsp3) is 0.273. The number of hydrogen-bond acceptors (Lipinski definition) is 5. The van der Waals surface area contributed by atoms with Gasteiger partial charge in [0.15, 0.2) is 4.34 Å².